The highest BCUT2D eigenvalue weighted by Gasteiger charge is 2.29. The summed E-state index contributed by atoms with van der Waals surface area (Å²) in [7, 11) is 5.99. The third-order valence-electron chi connectivity index (χ3n) is 5.73. The van der Waals surface area contributed by atoms with Gasteiger partial charge in [0.15, 0.2) is 11.5 Å². The van der Waals surface area contributed by atoms with Crippen LogP contribution >= 0.6 is 0 Å². The number of hydrogen-bond donors (Lipinski definition) is 2. The van der Waals surface area contributed by atoms with E-state index in [1.54, 1.807) is 12.0 Å². The Kier molecular flexibility index (Phi) is 8.42. The maximum Gasteiger partial charge on any atom is 0.252 e. The van der Waals surface area contributed by atoms with Crippen molar-refractivity contribution < 1.29 is 33.6 Å². The summed E-state index contributed by atoms with van der Waals surface area (Å²) in [5.74, 6) is 0.859. The van der Waals surface area contributed by atoms with Gasteiger partial charge < -0.3 is 39.2 Å². The van der Waals surface area contributed by atoms with E-state index in [2.05, 4.69) is 10.2 Å². The molecule has 1 fully saturated rings. The molecule has 1 aliphatic rings. The number of aliphatic hydroxyl groups is 1. The Labute approximate surface area is 199 Å². The van der Waals surface area contributed by atoms with Crippen LogP contribution in [0.3, 0.4) is 0 Å². The first-order valence-electron chi connectivity index (χ1n) is 10.9. The van der Waals surface area contributed by atoms with Crippen LogP contribution in [-0.2, 0) is 4.79 Å². The highest BCUT2D eigenvalue weighted by molar-refractivity contribution is 5.98. The number of para-hydroxylation sites is 2. The summed E-state index contributed by atoms with van der Waals surface area (Å²) in [6.07, 6.45) is 0. The van der Waals surface area contributed by atoms with Gasteiger partial charge in [-0.15, -0.1) is 0 Å². The molecule has 0 aliphatic carbocycles. The number of ether oxygens (including phenoxy) is 4. The molecule has 1 heterocycles. The summed E-state index contributed by atoms with van der Waals surface area (Å²) in [4.78, 5) is 29.7. The lowest BCUT2D eigenvalue weighted by Crippen LogP contribution is -2.56. The number of carbonyl (C=O) groups is 2. The average molecular weight is 474 g/mol. The molecule has 1 saturated heterocycles. The van der Waals surface area contributed by atoms with Gasteiger partial charge >= 0.3 is 0 Å². The Morgan fingerprint density at radius 2 is 1.50 bits per heavy atom. The van der Waals surface area contributed by atoms with E-state index in [-0.39, 0.29) is 11.5 Å². The molecule has 184 valence electrons. The van der Waals surface area contributed by atoms with E-state index in [0.717, 1.165) is 11.4 Å². The second-order valence-electron chi connectivity index (χ2n) is 7.61. The van der Waals surface area contributed by atoms with Crippen LogP contribution < -0.4 is 29.2 Å². The van der Waals surface area contributed by atoms with E-state index >= 15 is 0 Å². The second-order valence-corrected chi connectivity index (χ2v) is 7.61. The van der Waals surface area contributed by atoms with Crippen LogP contribution in [0.1, 0.15) is 10.4 Å². The molecule has 10 nitrogen and oxygen atoms in total. The molecule has 0 radical (unpaired) electrons. The van der Waals surface area contributed by atoms with Gasteiger partial charge in [-0.25, -0.2) is 0 Å². The Balaban J connectivity index is 1.67. The zero-order chi connectivity index (χ0) is 24.7. The molecule has 2 amide bonds. The molecule has 0 bridgehead atoms. The normalized spacial score (nSPS) is 14.3. The van der Waals surface area contributed by atoms with Crippen LogP contribution in [0.4, 0.5) is 5.69 Å². The molecule has 0 aromatic heterocycles. The minimum atomic E-state index is -1.08. The maximum atomic E-state index is 13.0. The molecule has 2 N–H and O–H groups in total. The number of rotatable bonds is 9. The van der Waals surface area contributed by atoms with Crippen LogP contribution in [0.2, 0.25) is 0 Å². The molecule has 0 spiro atoms. The van der Waals surface area contributed by atoms with E-state index in [0.29, 0.717) is 43.4 Å². The molecule has 3 rings (SSSR count). The first kappa shape index (κ1) is 25.0. The molecular weight excluding hydrogens is 442 g/mol. The summed E-state index contributed by atoms with van der Waals surface area (Å²) in [5, 5.41) is 12.5. The number of anilines is 1. The number of aliphatic hydroxyl groups excluding tert-OH is 1. The molecule has 34 heavy (non-hydrogen) atoms. The van der Waals surface area contributed by atoms with Gasteiger partial charge in [-0.2, -0.15) is 0 Å². The SMILES string of the molecule is COc1ccccc1N1CCN(C(=O)C(CO)NC(=O)c2cc(OC)c(OC)c(OC)c2)CC1. The van der Waals surface area contributed by atoms with Gasteiger partial charge in [-0.1, -0.05) is 12.1 Å². The van der Waals surface area contributed by atoms with Crippen molar-refractivity contribution in [3.05, 3.63) is 42.0 Å². The van der Waals surface area contributed by atoms with Gasteiger partial charge in [0.05, 0.1) is 40.7 Å². The van der Waals surface area contributed by atoms with Crippen LogP contribution in [-0.4, -0.2) is 89.1 Å². The van der Waals surface area contributed by atoms with Gasteiger partial charge in [0.1, 0.15) is 11.8 Å². The highest BCUT2D eigenvalue weighted by Crippen LogP contribution is 2.38. The second kappa shape index (κ2) is 11.5. The summed E-state index contributed by atoms with van der Waals surface area (Å²) >= 11 is 0. The fraction of sp³-hybridized carbons (Fsp3) is 0.417. The molecule has 1 unspecified atom stereocenters. The minimum Gasteiger partial charge on any atom is -0.495 e. The van der Waals surface area contributed by atoms with Crippen LogP contribution in [0.25, 0.3) is 0 Å². The summed E-state index contributed by atoms with van der Waals surface area (Å²) in [6, 6.07) is 9.62. The number of nitrogens with one attached hydrogen (secondary N) is 1. The standard InChI is InChI=1S/C24H31N3O7/c1-31-19-8-6-5-7-18(19)26-9-11-27(12-10-26)24(30)17(15-28)25-23(29)16-13-20(32-2)22(34-4)21(14-16)33-3/h5-8,13-14,17,28H,9-12,15H2,1-4H3,(H,25,29). The third kappa shape index (κ3) is 5.28. The van der Waals surface area contributed by atoms with Gasteiger partial charge in [0, 0.05) is 31.7 Å². The fourth-order valence-electron chi connectivity index (χ4n) is 3.92. The van der Waals surface area contributed by atoms with Gasteiger partial charge in [0.2, 0.25) is 11.7 Å². The maximum absolute atomic E-state index is 13.0. The topological polar surface area (TPSA) is 110 Å². The Hall–Kier alpha value is -3.66. The Bertz CT molecular complexity index is 981. The third-order valence-corrected chi connectivity index (χ3v) is 5.73. The molecule has 0 saturated carbocycles. The first-order valence-corrected chi connectivity index (χ1v) is 10.9. The summed E-state index contributed by atoms with van der Waals surface area (Å²) in [6.45, 7) is 1.58. The van der Waals surface area contributed by atoms with Gasteiger partial charge in [-0.3, -0.25) is 9.59 Å². The van der Waals surface area contributed by atoms with E-state index in [1.807, 2.05) is 24.3 Å². The Morgan fingerprint density at radius 3 is 2.03 bits per heavy atom. The van der Waals surface area contributed by atoms with Crippen molar-refractivity contribution in [3.8, 4) is 23.0 Å². The molecule has 2 aromatic rings. The van der Waals surface area contributed by atoms with Crippen molar-refractivity contribution in [2.24, 2.45) is 0 Å². The quantitative estimate of drug-likeness (QED) is 0.559. The van der Waals surface area contributed by atoms with Gasteiger partial charge in [0.25, 0.3) is 5.91 Å². The molecular formula is C24H31N3O7. The minimum absolute atomic E-state index is 0.210. The summed E-state index contributed by atoms with van der Waals surface area (Å²) in [5.41, 5.74) is 1.17. The van der Waals surface area contributed by atoms with E-state index < -0.39 is 18.6 Å². The van der Waals surface area contributed by atoms with Crippen molar-refractivity contribution in [2.45, 2.75) is 6.04 Å². The predicted octanol–water partition coefficient (Wildman–Crippen LogP) is 1.16. The van der Waals surface area contributed by atoms with E-state index in [9.17, 15) is 14.7 Å². The van der Waals surface area contributed by atoms with Crippen molar-refractivity contribution in [1.82, 2.24) is 10.2 Å². The number of amides is 2. The zero-order valence-electron chi connectivity index (χ0n) is 19.9. The molecule has 10 heteroatoms. The van der Waals surface area contributed by atoms with Crippen molar-refractivity contribution >= 4 is 17.5 Å². The van der Waals surface area contributed by atoms with Crippen molar-refractivity contribution in [2.75, 3.05) is 66.1 Å². The van der Waals surface area contributed by atoms with Crippen LogP contribution in [0.15, 0.2) is 36.4 Å². The van der Waals surface area contributed by atoms with Crippen molar-refractivity contribution in [3.63, 3.8) is 0 Å². The van der Waals surface area contributed by atoms with E-state index in [4.69, 9.17) is 18.9 Å². The first-order chi connectivity index (χ1) is 16.5. The fourth-order valence-corrected chi connectivity index (χ4v) is 3.92. The monoisotopic (exact) mass is 473 g/mol. The highest BCUT2D eigenvalue weighted by atomic mass is 16.5. The van der Waals surface area contributed by atoms with Gasteiger partial charge in [-0.05, 0) is 24.3 Å². The van der Waals surface area contributed by atoms with E-state index in [1.165, 1.54) is 33.5 Å². The van der Waals surface area contributed by atoms with Crippen LogP contribution in [0.5, 0.6) is 23.0 Å². The molecule has 1 aliphatic heterocycles. The summed E-state index contributed by atoms with van der Waals surface area (Å²) < 4.78 is 21.3. The van der Waals surface area contributed by atoms with Crippen molar-refractivity contribution in [1.29, 1.82) is 0 Å². The number of methoxy groups -OCH3 is 4. The Morgan fingerprint density at radius 1 is 0.912 bits per heavy atom. The smallest absolute Gasteiger partial charge is 0.252 e. The number of carbonyl (C=O) groups excluding carboxylic acids is 2. The largest absolute Gasteiger partial charge is 0.495 e. The lowest BCUT2D eigenvalue weighted by Gasteiger charge is -2.37. The number of benzene rings is 2. The zero-order valence-corrected chi connectivity index (χ0v) is 19.9. The van der Waals surface area contributed by atoms with Crippen LogP contribution in [0, 0.1) is 0 Å². The number of piperazine rings is 1. The average Bonchev–Trinajstić information content (AvgIpc) is 2.90. The molecule has 2 aromatic carbocycles. The molecule has 1 atom stereocenters. The number of hydrogen-bond acceptors (Lipinski definition) is 8. The lowest BCUT2D eigenvalue weighted by atomic mass is 10.1. The number of nitrogens with zero attached hydrogens (tertiary/aromatic N) is 2. The predicted molar refractivity (Wildman–Crippen MR) is 126 cm³/mol. The lowest BCUT2D eigenvalue weighted by molar-refractivity contribution is -0.134.